The van der Waals surface area contributed by atoms with E-state index in [4.69, 9.17) is 11.6 Å². The first-order chi connectivity index (χ1) is 9.25. The Morgan fingerprint density at radius 1 is 1.00 bits per heavy atom. The summed E-state index contributed by atoms with van der Waals surface area (Å²) in [5.41, 5.74) is 2.35. The largest absolute Gasteiger partial charge is 0.330 e. The number of hydrogen-bond donors (Lipinski definition) is 1. The molecule has 94 valence electrons. The molecule has 0 bridgehead atoms. The highest BCUT2D eigenvalue weighted by molar-refractivity contribution is 6.30. The molecule has 0 spiro atoms. The van der Waals surface area contributed by atoms with Crippen LogP contribution in [-0.2, 0) is 0 Å². The standard InChI is InChI=1S/C15H11ClN2O/c16-12-7-4-8-13(9-12)18-14(10-17-15(18)19)11-5-2-1-3-6-11/h1-10H,(H,17,19). The predicted octanol–water partition coefficient (Wildman–Crippen LogP) is 3.49. The zero-order chi connectivity index (χ0) is 13.2. The monoisotopic (exact) mass is 270 g/mol. The van der Waals surface area contributed by atoms with Gasteiger partial charge < -0.3 is 4.98 Å². The maximum atomic E-state index is 12.0. The van der Waals surface area contributed by atoms with E-state index < -0.39 is 0 Å². The summed E-state index contributed by atoms with van der Waals surface area (Å²) in [7, 11) is 0. The second-order valence-electron chi connectivity index (χ2n) is 4.16. The Bertz CT molecular complexity index is 759. The molecule has 3 aromatic rings. The Hall–Kier alpha value is -2.26. The van der Waals surface area contributed by atoms with Crippen LogP contribution >= 0.6 is 11.6 Å². The molecule has 0 atom stereocenters. The first-order valence-corrected chi connectivity index (χ1v) is 6.25. The van der Waals surface area contributed by atoms with Crippen LogP contribution in [0.25, 0.3) is 16.9 Å². The zero-order valence-corrected chi connectivity index (χ0v) is 10.8. The van der Waals surface area contributed by atoms with Crippen LogP contribution in [0.2, 0.25) is 5.02 Å². The van der Waals surface area contributed by atoms with Gasteiger partial charge in [-0.3, -0.25) is 4.57 Å². The smallest absolute Gasteiger partial charge is 0.312 e. The van der Waals surface area contributed by atoms with Crippen molar-refractivity contribution in [3.05, 3.63) is 76.3 Å². The number of nitrogens with one attached hydrogen (secondary N) is 1. The highest BCUT2D eigenvalue weighted by Crippen LogP contribution is 2.22. The maximum absolute atomic E-state index is 12.0. The lowest BCUT2D eigenvalue weighted by atomic mass is 10.1. The van der Waals surface area contributed by atoms with Crippen LogP contribution in [0.5, 0.6) is 0 Å². The van der Waals surface area contributed by atoms with Crippen molar-refractivity contribution in [2.24, 2.45) is 0 Å². The van der Waals surface area contributed by atoms with Gasteiger partial charge in [0, 0.05) is 16.8 Å². The Balaban J connectivity index is 2.23. The number of halogens is 1. The third-order valence-corrected chi connectivity index (χ3v) is 3.15. The number of nitrogens with zero attached hydrogens (tertiary/aromatic N) is 1. The van der Waals surface area contributed by atoms with Crippen LogP contribution in [0.3, 0.4) is 0 Å². The fourth-order valence-electron chi connectivity index (χ4n) is 2.06. The van der Waals surface area contributed by atoms with Gasteiger partial charge in [0.1, 0.15) is 0 Å². The minimum absolute atomic E-state index is 0.180. The van der Waals surface area contributed by atoms with E-state index in [2.05, 4.69) is 4.98 Å². The highest BCUT2D eigenvalue weighted by atomic mass is 35.5. The molecule has 0 saturated carbocycles. The maximum Gasteiger partial charge on any atom is 0.330 e. The fraction of sp³-hybridized carbons (Fsp3) is 0. The Morgan fingerprint density at radius 2 is 1.79 bits per heavy atom. The summed E-state index contributed by atoms with van der Waals surface area (Å²) in [5, 5.41) is 0.601. The molecule has 0 unspecified atom stereocenters. The van der Waals surface area contributed by atoms with Crippen LogP contribution < -0.4 is 5.69 Å². The first-order valence-electron chi connectivity index (χ1n) is 5.87. The van der Waals surface area contributed by atoms with E-state index in [1.807, 2.05) is 42.5 Å². The second-order valence-corrected chi connectivity index (χ2v) is 4.60. The van der Waals surface area contributed by atoms with Crippen LogP contribution in [0.1, 0.15) is 0 Å². The lowest BCUT2D eigenvalue weighted by Gasteiger charge is -2.07. The number of imidazole rings is 1. The molecule has 0 amide bonds. The van der Waals surface area contributed by atoms with Gasteiger partial charge in [0.25, 0.3) is 0 Å². The molecule has 1 N–H and O–H groups in total. The minimum Gasteiger partial charge on any atom is -0.312 e. The van der Waals surface area contributed by atoms with Crippen molar-refractivity contribution in [3.63, 3.8) is 0 Å². The third kappa shape index (κ3) is 2.20. The molecule has 3 nitrogen and oxygen atoms in total. The molecule has 4 heteroatoms. The van der Waals surface area contributed by atoms with Crippen molar-refractivity contribution in [1.82, 2.24) is 9.55 Å². The average molecular weight is 271 g/mol. The van der Waals surface area contributed by atoms with Gasteiger partial charge in [-0.05, 0) is 18.2 Å². The van der Waals surface area contributed by atoms with E-state index in [9.17, 15) is 4.79 Å². The van der Waals surface area contributed by atoms with Crippen molar-refractivity contribution in [1.29, 1.82) is 0 Å². The van der Waals surface area contributed by atoms with E-state index in [1.165, 1.54) is 0 Å². The van der Waals surface area contributed by atoms with Crippen LogP contribution in [-0.4, -0.2) is 9.55 Å². The van der Waals surface area contributed by atoms with E-state index in [0.29, 0.717) is 5.02 Å². The SMILES string of the molecule is O=c1[nH]cc(-c2ccccc2)n1-c1cccc(Cl)c1. The van der Waals surface area contributed by atoms with E-state index in [-0.39, 0.29) is 5.69 Å². The van der Waals surface area contributed by atoms with E-state index in [1.54, 1.807) is 22.9 Å². The van der Waals surface area contributed by atoms with Crippen LogP contribution in [0, 0.1) is 0 Å². The predicted molar refractivity (Wildman–Crippen MR) is 76.8 cm³/mol. The number of aromatic amines is 1. The quantitative estimate of drug-likeness (QED) is 0.760. The molecule has 1 heterocycles. The number of H-pyrrole nitrogens is 1. The van der Waals surface area contributed by atoms with E-state index >= 15 is 0 Å². The zero-order valence-electron chi connectivity index (χ0n) is 10.0. The molecule has 0 fully saturated rings. The van der Waals surface area contributed by atoms with Crippen molar-refractivity contribution < 1.29 is 0 Å². The van der Waals surface area contributed by atoms with Gasteiger partial charge in [0.15, 0.2) is 0 Å². The molecule has 0 saturated heterocycles. The van der Waals surface area contributed by atoms with Gasteiger partial charge in [0.2, 0.25) is 0 Å². The van der Waals surface area contributed by atoms with Gasteiger partial charge in [-0.1, -0.05) is 48.0 Å². The van der Waals surface area contributed by atoms with Crippen molar-refractivity contribution in [2.75, 3.05) is 0 Å². The Labute approximate surface area is 115 Å². The number of hydrogen-bond acceptors (Lipinski definition) is 1. The molecule has 0 aliphatic heterocycles. The average Bonchev–Trinajstić information content (AvgIpc) is 2.82. The molecule has 19 heavy (non-hydrogen) atoms. The summed E-state index contributed by atoms with van der Waals surface area (Å²) >= 11 is 5.99. The summed E-state index contributed by atoms with van der Waals surface area (Å²) in [6.45, 7) is 0. The van der Waals surface area contributed by atoms with Gasteiger partial charge in [-0.15, -0.1) is 0 Å². The number of aromatic nitrogens is 2. The van der Waals surface area contributed by atoms with E-state index in [0.717, 1.165) is 16.9 Å². The summed E-state index contributed by atoms with van der Waals surface area (Å²) in [6.07, 6.45) is 1.71. The highest BCUT2D eigenvalue weighted by Gasteiger charge is 2.10. The summed E-state index contributed by atoms with van der Waals surface area (Å²) in [4.78, 5) is 14.7. The lowest BCUT2D eigenvalue weighted by molar-refractivity contribution is 0.993. The minimum atomic E-state index is -0.180. The van der Waals surface area contributed by atoms with Gasteiger partial charge >= 0.3 is 5.69 Å². The van der Waals surface area contributed by atoms with Crippen molar-refractivity contribution in [3.8, 4) is 16.9 Å². The van der Waals surface area contributed by atoms with Gasteiger partial charge in [-0.25, -0.2) is 4.79 Å². The second kappa shape index (κ2) is 4.78. The van der Waals surface area contributed by atoms with Crippen LogP contribution in [0.15, 0.2) is 65.6 Å². The number of benzene rings is 2. The lowest BCUT2D eigenvalue weighted by Crippen LogP contribution is -2.15. The Morgan fingerprint density at radius 3 is 2.53 bits per heavy atom. The molecule has 0 aliphatic carbocycles. The molecule has 1 aromatic heterocycles. The van der Waals surface area contributed by atoms with Crippen molar-refractivity contribution in [2.45, 2.75) is 0 Å². The molecular weight excluding hydrogens is 260 g/mol. The molecule has 2 aromatic carbocycles. The normalized spacial score (nSPS) is 10.6. The fourth-order valence-corrected chi connectivity index (χ4v) is 2.25. The molecule has 3 rings (SSSR count). The Kier molecular flexibility index (Phi) is 2.97. The van der Waals surface area contributed by atoms with Crippen molar-refractivity contribution >= 4 is 11.6 Å². The summed E-state index contributed by atoms with van der Waals surface area (Å²) in [5.74, 6) is 0. The molecule has 0 aliphatic rings. The van der Waals surface area contributed by atoms with Crippen LogP contribution in [0.4, 0.5) is 0 Å². The van der Waals surface area contributed by atoms with Gasteiger partial charge in [-0.2, -0.15) is 0 Å². The first kappa shape index (κ1) is 11.8. The summed E-state index contributed by atoms with van der Waals surface area (Å²) < 4.78 is 1.61. The topological polar surface area (TPSA) is 37.8 Å². The number of rotatable bonds is 2. The van der Waals surface area contributed by atoms with Gasteiger partial charge in [0.05, 0.1) is 11.4 Å². The summed E-state index contributed by atoms with van der Waals surface area (Å²) in [6, 6.07) is 17.0. The third-order valence-electron chi connectivity index (χ3n) is 2.91. The molecular formula is C15H11ClN2O. The molecule has 0 radical (unpaired) electrons.